The lowest BCUT2D eigenvalue weighted by Crippen LogP contribution is -2.38. The Balaban J connectivity index is 1.77. The first kappa shape index (κ1) is 13.2. The highest BCUT2D eigenvalue weighted by atomic mass is 32.1. The summed E-state index contributed by atoms with van der Waals surface area (Å²) >= 11 is 5.36. The molecule has 19 heavy (non-hydrogen) atoms. The number of aromatic amines is 1. The maximum absolute atomic E-state index is 5.36. The summed E-state index contributed by atoms with van der Waals surface area (Å²) in [5.41, 5.74) is 0.512. The fourth-order valence-electron chi connectivity index (χ4n) is 3.14. The first-order valence-electron chi connectivity index (χ1n) is 7.38. The molecule has 3 rings (SSSR count). The van der Waals surface area contributed by atoms with Crippen molar-refractivity contribution in [2.75, 3.05) is 11.9 Å². The fraction of sp³-hybridized carbons (Fsp3) is 0.857. The summed E-state index contributed by atoms with van der Waals surface area (Å²) in [7, 11) is 2.17. The van der Waals surface area contributed by atoms with Crippen molar-refractivity contribution in [2.45, 2.75) is 64.5 Å². The molecule has 0 aliphatic heterocycles. The minimum absolute atomic E-state index is 0.512. The number of hydrogen-bond acceptors (Lipinski definition) is 3. The molecule has 0 bridgehead atoms. The van der Waals surface area contributed by atoms with Gasteiger partial charge in [0.15, 0.2) is 4.77 Å². The highest BCUT2D eigenvalue weighted by Gasteiger charge is 2.33. The zero-order valence-corrected chi connectivity index (χ0v) is 13.0. The van der Waals surface area contributed by atoms with E-state index in [4.69, 9.17) is 12.2 Å². The topological polar surface area (TPSA) is 36.9 Å². The van der Waals surface area contributed by atoms with Crippen molar-refractivity contribution in [1.82, 2.24) is 14.8 Å². The maximum Gasteiger partial charge on any atom is 0.225 e. The van der Waals surface area contributed by atoms with E-state index in [9.17, 15) is 0 Å². The molecule has 0 atom stereocenters. The van der Waals surface area contributed by atoms with Crippen molar-refractivity contribution in [3.05, 3.63) is 4.77 Å². The van der Waals surface area contributed by atoms with E-state index in [0.29, 0.717) is 17.5 Å². The van der Waals surface area contributed by atoms with Crippen LogP contribution in [-0.2, 0) is 0 Å². The van der Waals surface area contributed by atoms with E-state index in [1.54, 1.807) is 0 Å². The minimum Gasteiger partial charge on any atom is -0.341 e. The van der Waals surface area contributed by atoms with Crippen LogP contribution in [-0.4, -0.2) is 27.9 Å². The minimum atomic E-state index is 0.512. The second-order valence-corrected chi connectivity index (χ2v) is 7.32. The molecule has 0 aromatic carbocycles. The van der Waals surface area contributed by atoms with E-state index < -0.39 is 0 Å². The molecule has 2 fully saturated rings. The van der Waals surface area contributed by atoms with Gasteiger partial charge in [0.05, 0.1) is 0 Å². The summed E-state index contributed by atoms with van der Waals surface area (Å²) in [4.78, 5) is 2.35. The van der Waals surface area contributed by atoms with Crippen LogP contribution >= 0.6 is 12.2 Å². The van der Waals surface area contributed by atoms with E-state index >= 15 is 0 Å². The summed E-state index contributed by atoms with van der Waals surface area (Å²) in [5, 5.41) is 7.43. The number of aromatic nitrogens is 3. The van der Waals surface area contributed by atoms with Gasteiger partial charge in [-0.25, -0.2) is 5.10 Å². The van der Waals surface area contributed by atoms with Gasteiger partial charge in [-0.05, 0) is 56.2 Å². The van der Waals surface area contributed by atoms with Gasteiger partial charge in [0, 0.05) is 19.1 Å². The van der Waals surface area contributed by atoms with Crippen molar-refractivity contribution < 1.29 is 0 Å². The molecule has 2 aliphatic rings. The van der Waals surface area contributed by atoms with Gasteiger partial charge < -0.3 is 4.90 Å². The van der Waals surface area contributed by atoms with E-state index in [-0.39, 0.29) is 0 Å². The molecular formula is C14H24N4S. The summed E-state index contributed by atoms with van der Waals surface area (Å²) in [6.45, 7) is 4.76. The number of nitrogens with zero attached hydrogens (tertiary/aromatic N) is 3. The molecule has 1 aromatic rings. The molecule has 4 nitrogen and oxygen atoms in total. The Morgan fingerprint density at radius 1 is 1.26 bits per heavy atom. The normalized spacial score (nSPS) is 23.5. The predicted molar refractivity (Wildman–Crippen MR) is 80.1 cm³/mol. The smallest absolute Gasteiger partial charge is 0.225 e. The number of H-pyrrole nitrogens is 1. The number of hydrogen-bond donors (Lipinski definition) is 1. The molecule has 0 radical (unpaired) electrons. The molecule has 2 aliphatic carbocycles. The largest absolute Gasteiger partial charge is 0.341 e. The Kier molecular flexibility index (Phi) is 3.20. The van der Waals surface area contributed by atoms with Crippen molar-refractivity contribution in [2.24, 2.45) is 5.41 Å². The first-order chi connectivity index (χ1) is 8.98. The summed E-state index contributed by atoms with van der Waals surface area (Å²) < 4.78 is 3.00. The molecule has 1 aromatic heterocycles. The van der Waals surface area contributed by atoms with Gasteiger partial charge in [-0.2, -0.15) is 0 Å². The summed E-state index contributed by atoms with van der Waals surface area (Å²) in [5.74, 6) is 1.04. The van der Waals surface area contributed by atoms with Crippen LogP contribution in [0, 0.1) is 10.2 Å². The Morgan fingerprint density at radius 2 is 1.89 bits per heavy atom. The van der Waals surface area contributed by atoms with Crippen LogP contribution in [0.1, 0.15) is 58.4 Å². The van der Waals surface area contributed by atoms with Crippen LogP contribution < -0.4 is 4.90 Å². The van der Waals surface area contributed by atoms with Gasteiger partial charge in [0.25, 0.3) is 0 Å². The van der Waals surface area contributed by atoms with E-state index in [1.165, 1.54) is 38.5 Å². The SMILES string of the molecule is CN(c1n[nH]c(=S)n1C1CC1)C1CCC(C)(C)CC1. The Morgan fingerprint density at radius 3 is 2.47 bits per heavy atom. The van der Waals surface area contributed by atoms with Gasteiger partial charge in [-0.3, -0.25) is 4.57 Å². The molecule has 1 N–H and O–H groups in total. The monoisotopic (exact) mass is 280 g/mol. The molecule has 0 spiro atoms. The fourth-order valence-corrected chi connectivity index (χ4v) is 3.42. The Bertz CT molecular complexity index is 502. The van der Waals surface area contributed by atoms with Crippen LogP contribution in [0.4, 0.5) is 5.95 Å². The van der Waals surface area contributed by atoms with Crippen molar-refractivity contribution in [3.63, 3.8) is 0 Å². The molecular weight excluding hydrogens is 256 g/mol. The van der Waals surface area contributed by atoms with Crippen molar-refractivity contribution >= 4 is 18.2 Å². The third-order valence-corrected chi connectivity index (χ3v) is 5.06. The third-order valence-electron chi connectivity index (χ3n) is 4.77. The molecule has 0 unspecified atom stereocenters. The Labute approximate surface area is 120 Å². The molecule has 1 heterocycles. The van der Waals surface area contributed by atoms with Crippen molar-refractivity contribution in [3.8, 4) is 0 Å². The first-order valence-corrected chi connectivity index (χ1v) is 7.78. The van der Waals surface area contributed by atoms with Gasteiger partial charge in [-0.15, -0.1) is 5.10 Å². The Hall–Kier alpha value is -0.840. The predicted octanol–water partition coefficient (Wildman–Crippen LogP) is 3.68. The van der Waals surface area contributed by atoms with Crippen LogP contribution in [0.5, 0.6) is 0 Å². The van der Waals surface area contributed by atoms with E-state index in [1.807, 2.05) is 0 Å². The second kappa shape index (κ2) is 4.62. The van der Waals surface area contributed by atoms with Gasteiger partial charge in [0.1, 0.15) is 0 Å². The number of rotatable bonds is 3. The van der Waals surface area contributed by atoms with Gasteiger partial charge in [0.2, 0.25) is 5.95 Å². The molecule has 2 saturated carbocycles. The van der Waals surface area contributed by atoms with Crippen LogP contribution in [0.25, 0.3) is 0 Å². The average Bonchev–Trinajstić information content (AvgIpc) is 3.12. The van der Waals surface area contributed by atoms with Gasteiger partial charge in [-0.1, -0.05) is 13.8 Å². The lowest BCUT2D eigenvalue weighted by atomic mass is 9.75. The highest BCUT2D eigenvalue weighted by Crippen LogP contribution is 2.40. The number of anilines is 1. The van der Waals surface area contributed by atoms with Crippen LogP contribution in [0.2, 0.25) is 0 Å². The molecule has 0 amide bonds. The summed E-state index contributed by atoms with van der Waals surface area (Å²) in [6, 6.07) is 1.19. The van der Waals surface area contributed by atoms with E-state index in [2.05, 4.69) is 40.6 Å². The lowest BCUT2D eigenvalue weighted by molar-refractivity contribution is 0.221. The highest BCUT2D eigenvalue weighted by molar-refractivity contribution is 7.71. The zero-order valence-electron chi connectivity index (χ0n) is 12.1. The van der Waals surface area contributed by atoms with Crippen molar-refractivity contribution in [1.29, 1.82) is 0 Å². The average molecular weight is 280 g/mol. The summed E-state index contributed by atoms with van der Waals surface area (Å²) in [6.07, 6.45) is 7.60. The number of nitrogens with one attached hydrogen (secondary N) is 1. The van der Waals surface area contributed by atoms with Crippen LogP contribution in [0.15, 0.2) is 0 Å². The van der Waals surface area contributed by atoms with Gasteiger partial charge >= 0.3 is 0 Å². The molecule has 106 valence electrons. The van der Waals surface area contributed by atoms with E-state index in [0.717, 1.165) is 10.7 Å². The molecule has 5 heteroatoms. The quantitative estimate of drug-likeness (QED) is 0.858. The van der Waals surface area contributed by atoms with Crippen LogP contribution in [0.3, 0.4) is 0 Å². The maximum atomic E-state index is 5.36. The standard InChI is InChI=1S/C14H24N4S/c1-14(2)8-6-10(7-9-14)17(3)12-15-16-13(19)18(12)11-4-5-11/h10-11H,4-9H2,1-3H3,(H,16,19). The second-order valence-electron chi connectivity index (χ2n) is 6.94. The molecule has 0 saturated heterocycles. The lowest BCUT2D eigenvalue weighted by Gasteiger charge is -2.38. The third kappa shape index (κ3) is 2.57. The zero-order chi connectivity index (χ0) is 13.6.